The Hall–Kier alpha value is -2.79. The SMILES string of the molecule is CCN(C(=O)c1ccc(Cl)cc1)c1c(C)n(C)n(-c2ccccc2)c1=O. The molecule has 0 saturated carbocycles. The number of para-hydroxylation sites is 1. The maximum atomic E-state index is 13.1. The molecule has 0 aliphatic rings. The molecule has 0 radical (unpaired) electrons. The number of carbonyl (C=O) groups excluding carboxylic acids is 1. The van der Waals surface area contributed by atoms with Crippen LogP contribution in [0.15, 0.2) is 59.4 Å². The summed E-state index contributed by atoms with van der Waals surface area (Å²) in [6.07, 6.45) is 0. The summed E-state index contributed by atoms with van der Waals surface area (Å²) in [4.78, 5) is 27.6. The minimum absolute atomic E-state index is 0.222. The minimum Gasteiger partial charge on any atom is -0.302 e. The molecule has 0 aliphatic carbocycles. The van der Waals surface area contributed by atoms with Gasteiger partial charge in [0.1, 0.15) is 5.69 Å². The Balaban J connectivity index is 2.11. The van der Waals surface area contributed by atoms with Gasteiger partial charge in [0.25, 0.3) is 11.5 Å². The van der Waals surface area contributed by atoms with Crippen molar-refractivity contribution in [2.45, 2.75) is 13.8 Å². The summed E-state index contributed by atoms with van der Waals surface area (Å²) in [6.45, 7) is 4.08. The van der Waals surface area contributed by atoms with E-state index in [0.717, 1.165) is 11.4 Å². The van der Waals surface area contributed by atoms with Crippen LogP contribution < -0.4 is 10.5 Å². The van der Waals surface area contributed by atoms with Gasteiger partial charge < -0.3 is 4.90 Å². The van der Waals surface area contributed by atoms with Gasteiger partial charge in [0.05, 0.1) is 11.4 Å². The maximum absolute atomic E-state index is 13.1. The number of nitrogens with zero attached hydrogens (tertiary/aromatic N) is 3. The molecule has 1 amide bonds. The van der Waals surface area contributed by atoms with Crippen LogP contribution in [0.1, 0.15) is 23.0 Å². The molecular formula is C20H20ClN3O2. The molecule has 2 aromatic carbocycles. The van der Waals surface area contributed by atoms with Crippen LogP contribution in [0.2, 0.25) is 5.02 Å². The fourth-order valence-corrected chi connectivity index (χ4v) is 3.14. The van der Waals surface area contributed by atoms with Crippen molar-refractivity contribution in [3.8, 4) is 5.69 Å². The zero-order valence-electron chi connectivity index (χ0n) is 14.9. The third kappa shape index (κ3) is 3.06. The quantitative estimate of drug-likeness (QED) is 0.702. The smallest absolute Gasteiger partial charge is 0.295 e. The van der Waals surface area contributed by atoms with Gasteiger partial charge in [-0.05, 0) is 50.2 Å². The lowest BCUT2D eigenvalue weighted by Gasteiger charge is -2.19. The molecule has 6 heteroatoms. The van der Waals surface area contributed by atoms with Gasteiger partial charge in [-0.1, -0.05) is 29.8 Å². The summed E-state index contributed by atoms with van der Waals surface area (Å²) in [5.41, 5.74) is 2.14. The number of hydrogen-bond acceptors (Lipinski definition) is 2. The lowest BCUT2D eigenvalue weighted by atomic mass is 10.2. The molecule has 0 spiro atoms. The Morgan fingerprint density at radius 3 is 2.27 bits per heavy atom. The van der Waals surface area contributed by atoms with Gasteiger partial charge in [0, 0.05) is 24.2 Å². The molecule has 0 saturated heterocycles. The van der Waals surface area contributed by atoms with Crippen LogP contribution in [-0.4, -0.2) is 21.8 Å². The first-order valence-electron chi connectivity index (χ1n) is 8.37. The van der Waals surface area contributed by atoms with E-state index in [1.807, 2.05) is 51.2 Å². The van der Waals surface area contributed by atoms with E-state index in [1.54, 1.807) is 33.6 Å². The van der Waals surface area contributed by atoms with Gasteiger partial charge >= 0.3 is 0 Å². The lowest BCUT2D eigenvalue weighted by Crippen LogP contribution is -2.35. The summed E-state index contributed by atoms with van der Waals surface area (Å²) < 4.78 is 3.34. The number of halogens is 1. The minimum atomic E-state index is -0.227. The molecule has 0 fully saturated rings. The molecule has 0 aliphatic heterocycles. The fourth-order valence-electron chi connectivity index (χ4n) is 3.02. The monoisotopic (exact) mass is 369 g/mol. The standard InChI is InChI=1S/C20H20ClN3O2/c1-4-23(19(25)15-10-12-16(21)13-11-15)18-14(2)22(3)24(20(18)26)17-8-6-5-7-9-17/h5-13H,4H2,1-3H3. The van der Waals surface area contributed by atoms with Gasteiger partial charge in [-0.3, -0.25) is 14.3 Å². The van der Waals surface area contributed by atoms with Gasteiger partial charge in [-0.15, -0.1) is 0 Å². The first-order valence-corrected chi connectivity index (χ1v) is 8.75. The topological polar surface area (TPSA) is 47.2 Å². The second-order valence-corrected chi connectivity index (χ2v) is 6.40. The average molecular weight is 370 g/mol. The maximum Gasteiger partial charge on any atom is 0.295 e. The van der Waals surface area contributed by atoms with Crippen LogP contribution in [0.25, 0.3) is 5.69 Å². The highest BCUT2D eigenvalue weighted by molar-refractivity contribution is 6.30. The van der Waals surface area contributed by atoms with Crippen molar-refractivity contribution in [3.05, 3.63) is 81.2 Å². The molecular weight excluding hydrogens is 350 g/mol. The number of anilines is 1. The van der Waals surface area contributed by atoms with Crippen molar-refractivity contribution in [1.82, 2.24) is 9.36 Å². The van der Waals surface area contributed by atoms with Crippen LogP contribution in [0.5, 0.6) is 0 Å². The third-order valence-corrected chi connectivity index (χ3v) is 4.70. The zero-order valence-corrected chi connectivity index (χ0v) is 15.7. The average Bonchev–Trinajstić information content (AvgIpc) is 2.87. The van der Waals surface area contributed by atoms with E-state index in [4.69, 9.17) is 11.6 Å². The van der Waals surface area contributed by atoms with Crippen LogP contribution in [-0.2, 0) is 7.05 Å². The van der Waals surface area contributed by atoms with E-state index in [2.05, 4.69) is 0 Å². The Bertz CT molecular complexity index is 988. The molecule has 3 rings (SSSR count). The highest BCUT2D eigenvalue weighted by Gasteiger charge is 2.25. The van der Waals surface area contributed by atoms with E-state index >= 15 is 0 Å². The summed E-state index contributed by atoms with van der Waals surface area (Å²) in [7, 11) is 1.81. The molecule has 1 aromatic heterocycles. The second kappa shape index (κ2) is 7.22. The number of amides is 1. The summed E-state index contributed by atoms with van der Waals surface area (Å²) in [5, 5.41) is 0.562. The van der Waals surface area contributed by atoms with Gasteiger partial charge in [-0.25, -0.2) is 4.68 Å². The van der Waals surface area contributed by atoms with E-state index in [0.29, 0.717) is 22.8 Å². The molecule has 134 valence electrons. The largest absolute Gasteiger partial charge is 0.302 e. The predicted octanol–water partition coefficient (Wildman–Crippen LogP) is 3.80. The number of benzene rings is 2. The second-order valence-electron chi connectivity index (χ2n) is 5.97. The highest BCUT2D eigenvalue weighted by Crippen LogP contribution is 2.21. The van der Waals surface area contributed by atoms with Crippen molar-refractivity contribution in [1.29, 1.82) is 0 Å². The Morgan fingerprint density at radius 2 is 1.69 bits per heavy atom. The number of hydrogen-bond donors (Lipinski definition) is 0. The van der Waals surface area contributed by atoms with Crippen molar-refractivity contribution in [3.63, 3.8) is 0 Å². The van der Waals surface area contributed by atoms with Crippen molar-refractivity contribution in [2.75, 3.05) is 11.4 Å². The summed E-state index contributed by atoms with van der Waals surface area (Å²) in [6, 6.07) is 16.0. The van der Waals surface area contributed by atoms with Gasteiger partial charge in [-0.2, -0.15) is 0 Å². The molecule has 26 heavy (non-hydrogen) atoms. The molecule has 3 aromatic rings. The van der Waals surface area contributed by atoms with E-state index in [1.165, 1.54) is 4.90 Å². The fraction of sp³-hybridized carbons (Fsp3) is 0.200. The normalized spacial score (nSPS) is 10.8. The number of rotatable bonds is 4. The van der Waals surface area contributed by atoms with Crippen LogP contribution in [0.3, 0.4) is 0 Å². The lowest BCUT2D eigenvalue weighted by molar-refractivity contribution is 0.0988. The van der Waals surface area contributed by atoms with Crippen molar-refractivity contribution >= 4 is 23.2 Å². The van der Waals surface area contributed by atoms with Gasteiger partial charge in [0.2, 0.25) is 0 Å². The Labute approximate surface area is 157 Å². The van der Waals surface area contributed by atoms with Crippen LogP contribution in [0, 0.1) is 6.92 Å². The Kier molecular flexibility index (Phi) is 5.00. The molecule has 0 N–H and O–H groups in total. The third-order valence-electron chi connectivity index (χ3n) is 4.45. The molecule has 0 atom stereocenters. The first kappa shape index (κ1) is 18.0. The first-order chi connectivity index (χ1) is 12.5. The Morgan fingerprint density at radius 1 is 1.08 bits per heavy atom. The predicted molar refractivity (Wildman–Crippen MR) is 105 cm³/mol. The van der Waals surface area contributed by atoms with E-state index in [-0.39, 0.29) is 11.5 Å². The van der Waals surface area contributed by atoms with Crippen molar-refractivity contribution in [2.24, 2.45) is 7.05 Å². The van der Waals surface area contributed by atoms with Crippen LogP contribution in [0.4, 0.5) is 5.69 Å². The highest BCUT2D eigenvalue weighted by atomic mass is 35.5. The number of aromatic nitrogens is 2. The molecule has 5 nitrogen and oxygen atoms in total. The van der Waals surface area contributed by atoms with Crippen molar-refractivity contribution < 1.29 is 4.79 Å². The van der Waals surface area contributed by atoms with E-state index < -0.39 is 0 Å². The molecule has 0 unspecified atom stereocenters. The van der Waals surface area contributed by atoms with Gasteiger partial charge in [0.15, 0.2) is 0 Å². The summed E-state index contributed by atoms with van der Waals surface area (Å²) >= 11 is 5.91. The van der Waals surface area contributed by atoms with Crippen LogP contribution >= 0.6 is 11.6 Å². The molecule has 0 bridgehead atoms. The number of carbonyl (C=O) groups is 1. The van der Waals surface area contributed by atoms with E-state index in [9.17, 15) is 9.59 Å². The summed E-state index contributed by atoms with van der Waals surface area (Å²) in [5.74, 6) is -0.227. The molecule has 1 heterocycles. The zero-order chi connectivity index (χ0) is 18.8.